The van der Waals surface area contributed by atoms with Crippen LogP contribution in [0.5, 0.6) is 0 Å². The minimum atomic E-state index is -2.17. The zero-order valence-corrected chi connectivity index (χ0v) is 45.5. The van der Waals surface area contributed by atoms with Gasteiger partial charge in [0.2, 0.25) is 5.71 Å². The first-order valence-electron chi connectivity index (χ1n) is 26.3. The average Bonchev–Trinajstić information content (AvgIpc) is 3.99. The first-order valence-corrected chi connectivity index (χ1v) is 27.8. The van der Waals surface area contributed by atoms with Gasteiger partial charge in [-0.3, -0.25) is 4.98 Å². The van der Waals surface area contributed by atoms with E-state index in [0.717, 1.165) is 66.7 Å². The Labute approximate surface area is 445 Å². The van der Waals surface area contributed by atoms with E-state index >= 15 is 0 Å². The zero-order valence-electron chi connectivity index (χ0n) is 46.1. The summed E-state index contributed by atoms with van der Waals surface area (Å²) in [7, 11) is -1.50. The molecule has 4 aromatic heterocycles. The topological polar surface area (TPSA) is 56.7 Å². The molecular weight excluding hydrogens is 1070 g/mol. The number of fused-ring (bicyclic) bond motifs is 4. The van der Waals surface area contributed by atoms with E-state index in [1.807, 2.05) is 74.6 Å². The summed E-state index contributed by atoms with van der Waals surface area (Å²) < 4.78 is 40.6. The Hall–Kier alpha value is -7.02. The second-order valence-corrected chi connectivity index (χ2v) is 25.5. The predicted molar refractivity (Wildman–Crippen MR) is 300 cm³/mol. The molecule has 11 aromatic rings. The summed E-state index contributed by atoms with van der Waals surface area (Å²) in [6.07, 6.45) is 1.98. The fourth-order valence-electron chi connectivity index (χ4n) is 9.37. The summed E-state index contributed by atoms with van der Waals surface area (Å²) in [5.74, 6) is 0.145. The number of imidazole rings is 1. The van der Waals surface area contributed by atoms with E-state index in [1.54, 1.807) is 24.3 Å². The number of nitrogens with zero attached hydrogens (tertiary/aromatic N) is 4. The normalized spacial score (nSPS) is 12.9. The minimum Gasteiger partial charge on any atom is -0.486 e. The van der Waals surface area contributed by atoms with Crippen LogP contribution in [0.4, 0.5) is 0 Å². The van der Waals surface area contributed by atoms with Crippen molar-refractivity contribution in [1.82, 2.24) is 19.5 Å². The van der Waals surface area contributed by atoms with Crippen molar-refractivity contribution in [1.29, 1.82) is 0 Å². The number of rotatable bonds is 9. The van der Waals surface area contributed by atoms with Gasteiger partial charge in [-0.15, -0.1) is 54.1 Å². The van der Waals surface area contributed by atoms with Crippen molar-refractivity contribution in [3.8, 4) is 56.2 Å². The Balaban J connectivity index is 0.000000283. The maximum absolute atomic E-state index is 8.44. The van der Waals surface area contributed by atoms with Crippen LogP contribution >= 0.6 is 0 Å². The smallest absolute Gasteiger partial charge is 0.216 e. The van der Waals surface area contributed by atoms with Crippen LogP contribution in [0.2, 0.25) is 19.6 Å². The number of hydrogen-bond acceptors (Lipinski definition) is 4. The second kappa shape index (κ2) is 20.6. The van der Waals surface area contributed by atoms with Gasteiger partial charge in [0.05, 0.1) is 36.2 Å². The van der Waals surface area contributed by atoms with E-state index in [9.17, 15) is 0 Å². The van der Waals surface area contributed by atoms with Crippen LogP contribution < -0.4 is 5.19 Å². The van der Waals surface area contributed by atoms with Crippen LogP contribution in [-0.2, 0) is 32.1 Å². The first-order chi connectivity index (χ1) is 35.7. The van der Waals surface area contributed by atoms with Crippen molar-refractivity contribution >= 4 is 46.4 Å². The largest absolute Gasteiger partial charge is 0.486 e. The van der Waals surface area contributed by atoms with Crippen molar-refractivity contribution in [2.24, 2.45) is 0 Å². The van der Waals surface area contributed by atoms with Gasteiger partial charge in [0.1, 0.15) is 0 Å². The Morgan fingerprint density at radius 1 is 0.681 bits per heavy atom. The number of aryl methyl sites for hydroxylation is 1. The van der Waals surface area contributed by atoms with Gasteiger partial charge in [0.15, 0.2) is 0 Å². The van der Waals surface area contributed by atoms with Gasteiger partial charge in [-0.2, -0.15) is 0 Å². The monoisotopic (exact) mass is 1140 g/mol. The zero-order chi connectivity index (χ0) is 52.9. The van der Waals surface area contributed by atoms with E-state index in [2.05, 4.69) is 159 Å². The Morgan fingerprint density at radius 3 is 1.97 bits per heavy atom. The molecule has 0 aliphatic carbocycles. The van der Waals surface area contributed by atoms with E-state index in [1.165, 1.54) is 27.4 Å². The summed E-state index contributed by atoms with van der Waals surface area (Å²) in [5.41, 5.74) is 15.7. The molecule has 361 valence electrons. The third-order valence-electron chi connectivity index (χ3n) is 13.2. The molecule has 7 aromatic carbocycles. The molecule has 11 rings (SSSR count). The molecule has 0 amide bonds. The van der Waals surface area contributed by atoms with Crippen LogP contribution in [-0.4, -0.2) is 27.6 Å². The van der Waals surface area contributed by atoms with Crippen molar-refractivity contribution in [3.63, 3.8) is 0 Å². The third kappa shape index (κ3) is 10.2. The van der Waals surface area contributed by atoms with Gasteiger partial charge >= 0.3 is 0 Å². The Kier molecular flexibility index (Phi) is 12.8. The number of aromatic nitrogens is 4. The number of furan rings is 1. The van der Waals surface area contributed by atoms with Crippen LogP contribution in [0.15, 0.2) is 187 Å². The molecule has 0 aliphatic heterocycles. The minimum absolute atomic E-state index is 0. The molecule has 0 spiro atoms. The fourth-order valence-corrected chi connectivity index (χ4v) is 10.9. The summed E-state index contributed by atoms with van der Waals surface area (Å²) >= 11 is 0. The summed E-state index contributed by atoms with van der Waals surface area (Å²) in [5, 5.41) is 3.08. The van der Waals surface area contributed by atoms with E-state index in [0.29, 0.717) is 29.1 Å². The molecule has 0 aliphatic rings. The second-order valence-electron chi connectivity index (χ2n) is 20.5. The third-order valence-corrected chi connectivity index (χ3v) is 15.2. The van der Waals surface area contributed by atoms with Crippen LogP contribution in [0, 0.1) is 19.0 Å². The van der Waals surface area contributed by atoms with Crippen molar-refractivity contribution in [3.05, 3.63) is 217 Å². The quantitative estimate of drug-likeness (QED) is 0.107. The van der Waals surface area contributed by atoms with Crippen LogP contribution in [0.1, 0.15) is 68.2 Å². The van der Waals surface area contributed by atoms with Gasteiger partial charge in [-0.1, -0.05) is 192 Å². The Bertz CT molecular complexity index is 3780. The maximum Gasteiger partial charge on any atom is 0.216 e. The molecule has 72 heavy (non-hydrogen) atoms. The van der Waals surface area contributed by atoms with Gasteiger partial charge in [0, 0.05) is 49.3 Å². The van der Waals surface area contributed by atoms with Crippen molar-refractivity contribution in [2.45, 2.75) is 79.0 Å². The maximum atomic E-state index is 8.44. The fraction of sp³-hybridized carbons (Fsp3) is 0.185. The number of para-hydroxylation sites is 2. The standard InChI is InChI=1S/C48H38N3O.C17H22NSi.Ir/c1-31-22-24-34(25-23-31)42-27-26-37-36-18-13-19-38(45(36)52-47(37)50-42)46-49-43-20-11-12-21-44(43)51(46)30-41-39(32-14-7-5-8-15-32)28-35(48(2,3)4)29-40(41)33-16-9-6-10-17-33;1-13(2)15-11-16(14-9-7-6-8-10-14)18-12-17(15)19(3,4)5;/h5-18,20-29H,30H2,1-4H3;6-9,11-13H,1-5H3;/q2*-1;/i1D3;13D;. The molecule has 0 unspecified atom stereocenters. The summed E-state index contributed by atoms with van der Waals surface area (Å²) in [6, 6.07) is 65.7. The van der Waals surface area contributed by atoms with Gasteiger partial charge in [0.25, 0.3) is 0 Å². The van der Waals surface area contributed by atoms with Gasteiger partial charge < -0.3 is 14.0 Å². The van der Waals surface area contributed by atoms with E-state index < -0.39 is 20.8 Å². The molecule has 0 N–H and O–H groups in total. The van der Waals surface area contributed by atoms with E-state index in [-0.39, 0.29) is 25.5 Å². The number of pyridine rings is 2. The molecule has 1 radical (unpaired) electrons. The molecule has 7 heteroatoms. The van der Waals surface area contributed by atoms with Gasteiger partial charge in [-0.25, -0.2) is 4.98 Å². The summed E-state index contributed by atoms with van der Waals surface area (Å²) in [6.45, 7) is 16.0. The molecule has 0 fully saturated rings. The number of hydrogen-bond donors (Lipinski definition) is 0. The molecule has 0 atom stereocenters. The Morgan fingerprint density at radius 2 is 1.35 bits per heavy atom. The predicted octanol–water partition coefficient (Wildman–Crippen LogP) is 16.7. The molecular formula is C65H60IrN4OSi-2. The SMILES string of the molecule is [2H]C(C)(C)c1cc(-c2[c-]cccc2)ncc1[Si](C)(C)C.[2H]C([2H])([2H])c1ccc(-c2ccc3c(n2)oc2c(-c4nc5ccccc5n4Cc4c(-c5ccccc5)cc(C(C)(C)C)cc4-c4ccccc4)[c-]ccc23)cc1.[Ir]. The summed E-state index contributed by atoms with van der Waals surface area (Å²) in [4.78, 5) is 14.8. The van der Waals surface area contributed by atoms with Crippen LogP contribution in [0.25, 0.3) is 89.3 Å². The van der Waals surface area contributed by atoms with Gasteiger partial charge in [-0.05, 0) is 86.7 Å². The molecule has 0 saturated heterocycles. The van der Waals surface area contributed by atoms with Crippen molar-refractivity contribution < 1.29 is 30.0 Å². The molecule has 0 bridgehead atoms. The van der Waals surface area contributed by atoms with Crippen LogP contribution in [0.3, 0.4) is 0 Å². The molecule has 4 heterocycles. The number of benzene rings is 7. The van der Waals surface area contributed by atoms with Crippen molar-refractivity contribution in [2.75, 3.05) is 0 Å². The molecule has 5 nitrogen and oxygen atoms in total. The average molecular weight is 1140 g/mol. The first kappa shape index (κ1) is 44.9. The van der Waals surface area contributed by atoms with E-state index in [4.69, 9.17) is 19.9 Å². The molecule has 0 saturated carbocycles.